The summed E-state index contributed by atoms with van der Waals surface area (Å²) in [5.41, 5.74) is 1.67. The van der Waals surface area contributed by atoms with Gasteiger partial charge in [-0.3, -0.25) is 19.7 Å². The summed E-state index contributed by atoms with van der Waals surface area (Å²) in [5, 5.41) is 3.43. The van der Waals surface area contributed by atoms with Crippen molar-refractivity contribution < 1.29 is 27.2 Å². The van der Waals surface area contributed by atoms with Gasteiger partial charge in [0, 0.05) is 11.3 Å². The Labute approximate surface area is 190 Å². The van der Waals surface area contributed by atoms with E-state index in [1.807, 2.05) is 0 Å². The second-order valence-corrected chi connectivity index (χ2v) is 10.1. The van der Waals surface area contributed by atoms with Crippen LogP contribution in [0.5, 0.6) is 0 Å². The van der Waals surface area contributed by atoms with Crippen LogP contribution in [-0.4, -0.2) is 36.8 Å². The standard InChI is InChI=1S/C22H23FN4O5S/c1-14-10-12-22(13-11-14)20(29)27(21(30)24-22)25-19(28)15-2-6-17(7-3-15)26-33(31,32)18-8-4-16(23)5-9-18/h2-9,14,26H,10-13H2,1H3,(H,24,30)(H,25,28). The topological polar surface area (TPSA) is 125 Å². The number of carbonyl (C=O) groups is 3. The molecule has 0 radical (unpaired) electrons. The minimum Gasteiger partial charge on any atom is -0.322 e. The Bertz CT molecular complexity index is 1190. The van der Waals surface area contributed by atoms with Gasteiger partial charge in [0.15, 0.2) is 0 Å². The largest absolute Gasteiger partial charge is 0.344 e. The van der Waals surface area contributed by atoms with Crippen LogP contribution >= 0.6 is 0 Å². The van der Waals surface area contributed by atoms with Gasteiger partial charge >= 0.3 is 6.03 Å². The van der Waals surface area contributed by atoms with E-state index >= 15 is 0 Å². The first-order valence-corrected chi connectivity index (χ1v) is 11.9. The number of urea groups is 1. The lowest BCUT2D eigenvalue weighted by molar-refractivity contribution is -0.134. The Balaban J connectivity index is 1.42. The molecule has 1 spiro atoms. The molecular weight excluding hydrogens is 451 g/mol. The highest BCUT2D eigenvalue weighted by molar-refractivity contribution is 7.92. The Morgan fingerprint density at radius 1 is 1.06 bits per heavy atom. The van der Waals surface area contributed by atoms with E-state index < -0.39 is 39.2 Å². The molecule has 4 rings (SSSR count). The highest BCUT2D eigenvalue weighted by Crippen LogP contribution is 2.35. The van der Waals surface area contributed by atoms with Crippen molar-refractivity contribution >= 4 is 33.6 Å². The lowest BCUT2D eigenvalue weighted by atomic mass is 9.77. The quantitative estimate of drug-likeness (QED) is 0.575. The van der Waals surface area contributed by atoms with Crippen molar-refractivity contribution in [2.75, 3.05) is 4.72 Å². The summed E-state index contributed by atoms with van der Waals surface area (Å²) in [6.45, 7) is 2.09. The highest BCUT2D eigenvalue weighted by atomic mass is 32.2. The minimum atomic E-state index is -3.94. The first-order valence-electron chi connectivity index (χ1n) is 10.5. The van der Waals surface area contributed by atoms with Gasteiger partial charge in [-0.25, -0.2) is 17.6 Å². The molecule has 0 aromatic heterocycles. The van der Waals surface area contributed by atoms with Crippen molar-refractivity contribution in [1.29, 1.82) is 0 Å². The van der Waals surface area contributed by atoms with E-state index in [0.717, 1.165) is 37.1 Å². The molecule has 3 N–H and O–H groups in total. The fourth-order valence-electron chi connectivity index (χ4n) is 4.00. The molecule has 174 valence electrons. The zero-order chi connectivity index (χ0) is 23.8. The number of halogens is 1. The van der Waals surface area contributed by atoms with Crippen LogP contribution in [0.15, 0.2) is 53.4 Å². The predicted octanol–water partition coefficient (Wildman–Crippen LogP) is 2.77. The van der Waals surface area contributed by atoms with E-state index in [4.69, 9.17) is 0 Å². The van der Waals surface area contributed by atoms with Crippen molar-refractivity contribution in [2.24, 2.45) is 5.92 Å². The Kier molecular flexibility index (Phi) is 5.83. The normalized spacial score (nSPS) is 22.8. The average molecular weight is 475 g/mol. The van der Waals surface area contributed by atoms with Crippen LogP contribution in [0.1, 0.15) is 43.0 Å². The summed E-state index contributed by atoms with van der Waals surface area (Å²) >= 11 is 0. The third-order valence-electron chi connectivity index (χ3n) is 6.03. The molecule has 0 atom stereocenters. The fraction of sp³-hybridized carbons (Fsp3) is 0.318. The fourth-order valence-corrected chi connectivity index (χ4v) is 5.06. The third kappa shape index (κ3) is 4.54. The molecular formula is C22H23FN4O5S. The van der Waals surface area contributed by atoms with E-state index in [1.54, 1.807) is 0 Å². The van der Waals surface area contributed by atoms with E-state index in [0.29, 0.717) is 23.8 Å². The van der Waals surface area contributed by atoms with E-state index in [9.17, 15) is 27.2 Å². The average Bonchev–Trinajstić information content (AvgIpc) is 3.00. The maximum absolute atomic E-state index is 13.0. The van der Waals surface area contributed by atoms with Gasteiger partial charge in [0.25, 0.3) is 21.8 Å². The number of hydrogen-bond acceptors (Lipinski definition) is 5. The highest BCUT2D eigenvalue weighted by Gasteiger charge is 2.52. The number of hydrazine groups is 1. The van der Waals surface area contributed by atoms with Crippen molar-refractivity contribution in [3.8, 4) is 0 Å². The van der Waals surface area contributed by atoms with Gasteiger partial charge in [0.05, 0.1) is 4.90 Å². The Morgan fingerprint density at radius 3 is 2.27 bits per heavy atom. The van der Waals surface area contributed by atoms with Gasteiger partial charge < -0.3 is 5.32 Å². The molecule has 0 unspecified atom stereocenters. The van der Waals surface area contributed by atoms with Gasteiger partial charge in [-0.05, 0) is 80.1 Å². The molecule has 9 nitrogen and oxygen atoms in total. The second-order valence-electron chi connectivity index (χ2n) is 8.41. The van der Waals surface area contributed by atoms with Crippen molar-refractivity contribution in [3.05, 3.63) is 59.9 Å². The molecule has 2 aromatic carbocycles. The smallest absolute Gasteiger partial charge is 0.322 e. The van der Waals surface area contributed by atoms with Crippen LogP contribution in [0.2, 0.25) is 0 Å². The summed E-state index contributed by atoms with van der Waals surface area (Å²) in [6.07, 6.45) is 2.66. The number of sulfonamides is 1. The van der Waals surface area contributed by atoms with Gasteiger partial charge in [0.1, 0.15) is 11.4 Å². The van der Waals surface area contributed by atoms with Gasteiger partial charge in [-0.15, -0.1) is 0 Å². The number of amides is 4. The molecule has 1 heterocycles. The minimum absolute atomic E-state index is 0.115. The van der Waals surface area contributed by atoms with Crippen molar-refractivity contribution in [2.45, 2.75) is 43.0 Å². The maximum Gasteiger partial charge on any atom is 0.344 e. The molecule has 1 saturated heterocycles. The van der Waals surface area contributed by atoms with Crippen LogP contribution in [0.25, 0.3) is 0 Å². The molecule has 2 fully saturated rings. The van der Waals surface area contributed by atoms with Crippen molar-refractivity contribution in [3.63, 3.8) is 0 Å². The molecule has 2 aromatic rings. The van der Waals surface area contributed by atoms with E-state index in [-0.39, 0.29) is 16.1 Å². The summed E-state index contributed by atoms with van der Waals surface area (Å²) in [7, 11) is -3.94. The summed E-state index contributed by atoms with van der Waals surface area (Å²) in [5.74, 6) is -1.24. The molecule has 1 saturated carbocycles. The summed E-state index contributed by atoms with van der Waals surface area (Å²) < 4.78 is 40.2. The first kappa shape index (κ1) is 22.7. The van der Waals surface area contributed by atoms with E-state index in [1.165, 1.54) is 24.3 Å². The number of anilines is 1. The van der Waals surface area contributed by atoms with Crippen LogP contribution < -0.4 is 15.5 Å². The number of imide groups is 1. The lowest BCUT2D eigenvalue weighted by Crippen LogP contribution is -2.51. The second kappa shape index (κ2) is 8.47. The third-order valence-corrected chi connectivity index (χ3v) is 7.42. The van der Waals surface area contributed by atoms with Gasteiger partial charge in [-0.2, -0.15) is 5.01 Å². The number of benzene rings is 2. The van der Waals surface area contributed by atoms with Gasteiger partial charge in [-0.1, -0.05) is 6.92 Å². The van der Waals surface area contributed by atoms with E-state index in [2.05, 4.69) is 22.4 Å². The predicted molar refractivity (Wildman–Crippen MR) is 117 cm³/mol. The van der Waals surface area contributed by atoms with Crippen LogP contribution in [0, 0.1) is 11.7 Å². The summed E-state index contributed by atoms with van der Waals surface area (Å²) in [6, 6.07) is 9.12. The Hall–Kier alpha value is -3.47. The Morgan fingerprint density at radius 2 is 1.67 bits per heavy atom. The molecule has 4 amide bonds. The summed E-state index contributed by atoms with van der Waals surface area (Å²) in [4.78, 5) is 37.7. The molecule has 0 bridgehead atoms. The van der Waals surface area contributed by atoms with Crippen LogP contribution in [0.4, 0.5) is 14.9 Å². The molecule has 1 aliphatic heterocycles. The molecule has 11 heteroatoms. The number of nitrogens with zero attached hydrogens (tertiary/aromatic N) is 1. The molecule has 2 aliphatic rings. The number of hydrogen-bond donors (Lipinski definition) is 3. The van der Waals surface area contributed by atoms with Gasteiger partial charge in [0.2, 0.25) is 0 Å². The monoisotopic (exact) mass is 474 g/mol. The maximum atomic E-state index is 13.0. The zero-order valence-corrected chi connectivity index (χ0v) is 18.6. The van der Waals surface area contributed by atoms with Crippen molar-refractivity contribution in [1.82, 2.24) is 15.8 Å². The first-order chi connectivity index (χ1) is 15.6. The molecule has 1 aliphatic carbocycles. The molecule has 33 heavy (non-hydrogen) atoms. The SMILES string of the molecule is CC1CCC2(CC1)NC(=O)N(NC(=O)c1ccc(NS(=O)(=O)c3ccc(F)cc3)cc1)C2=O. The number of rotatable bonds is 5. The lowest BCUT2D eigenvalue weighted by Gasteiger charge is -2.33. The number of nitrogens with one attached hydrogen (secondary N) is 3. The van der Waals surface area contributed by atoms with Crippen LogP contribution in [0.3, 0.4) is 0 Å². The number of carbonyl (C=O) groups excluding carboxylic acids is 3. The van der Waals surface area contributed by atoms with Crippen LogP contribution in [-0.2, 0) is 14.8 Å². The zero-order valence-electron chi connectivity index (χ0n) is 17.8.